The van der Waals surface area contributed by atoms with Gasteiger partial charge in [0.1, 0.15) is 12.4 Å². The second kappa shape index (κ2) is 5.87. The Bertz CT molecular complexity index is 310. The standard InChI is InChI=1S/C10H13NO4/c1-14-6-7-15-9-4-2-8(3-5-9)11-10(12)13/h2-5,11H,6-7H2,1H3,(H,12,13). The zero-order valence-corrected chi connectivity index (χ0v) is 8.40. The third kappa shape index (κ3) is 4.33. The van der Waals surface area contributed by atoms with Gasteiger partial charge < -0.3 is 14.6 Å². The molecule has 0 saturated carbocycles. The quantitative estimate of drug-likeness (QED) is 0.729. The number of carboxylic acid groups (broad SMARTS) is 1. The molecule has 0 fully saturated rings. The largest absolute Gasteiger partial charge is 0.491 e. The van der Waals surface area contributed by atoms with Crippen LogP contribution in [0.5, 0.6) is 5.75 Å². The van der Waals surface area contributed by atoms with Gasteiger partial charge in [-0.1, -0.05) is 0 Å². The minimum atomic E-state index is -1.08. The highest BCUT2D eigenvalue weighted by atomic mass is 16.5. The van der Waals surface area contributed by atoms with Crippen LogP contribution in [0.3, 0.4) is 0 Å². The second-order valence-electron chi connectivity index (χ2n) is 2.80. The van der Waals surface area contributed by atoms with Gasteiger partial charge in [-0.3, -0.25) is 5.32 Å². The molecule has 0 spiro atoms. The Morgan fingerprint density at radius 1 is 1.33 bits per heavy atom. The lowest BCUT2D eigenvalue weighted by Crippen LogP contribution is -2.07. The van der Waals surface area contributed by atoms with E-state index in [0.717, 1.165) is 0 Å². The van der Waals surface area contributed by atoms with Crippen molar-refractivity contribution in [1.82, 2.24) is 0 Å². The first-order chi connectivity index (χ1) is 7.22. The number of methoxy groups -OCH3 is 1. The van der Waals surface area contributed by atoms with Gasteiger partial charge in [-0.2, -0.15) is 0 Å². The summed E-state index contributed by atoms with van der Waals surface area (Å²) in [6.45, 7) is 0.997. The minimum Gasteiger partial charge on any atom is -0.491 e. The van der Waals surface area contributed by atoms with Gasteiger partial charge in [0.05, 0.1) is 6.61 Å². The Morgan fingerprint density at radius 2 is 2.00 bits per heavy atom. The van der Waals surface area contributed by atoms with Gasteiger partial charge in [-0.15, -0.1) is 0 Å². The van der Waals surface area contributed by atoms with Crippen molar-refractivity contribution in [3.05, 3.63) is 24.3 Å². The molecule has 0 aliphatic heterocycles. The molecule has 1 aromatic rings. The number of carbonyl (C=O) groups is 1. The first-order valence-electron chi connectivity index (χ1n) is 4.44. The molecule has 0 saturated heterocycles. The molecule has 1 aromatic carbocycles. The molecule has 0 aliphatic rings. The molecular formula is C10H13NO4. The summed E-state index contributed by atoms with van der Waals surface area (Å²) >= 11 is 0. The Hall–Kier alpha value is -1.75. The van der Waals surface area contributed by atoms with Gasteiger partial charge in [0.2, 0.25) is 0 Å². The molecular weight excluding hydrogens is 198 g/mol. The molecule has 0 heterocycles. The zero-order chi connectivity index (χ0) is 11.1. The van der Waals surface area contributed by atoms with E-state index in [1.54, 1.807) is 31.4 Å². The molecule has 0 radical (unpaired) electrons. The monoisotopic (exact) mass is 211 g/mol. The lowest BCUT2D eigenvalue weighted by molar-refractivity contribution is 0.146. The average Bonchev–Trinajstić information content (AvgIpc) is 2.20. The number of anilines is 1. The molecule has 1 amide bonds. The number of hydrogen-bond acceptors (Lipinski definition) is 3. The minimum absolute atomic E-state index is 0.474. The number of nitrogens with one attached hydrogen (secondary N) is 1. The van der Waals surface area contributed by atoms with Crippen molar-refractivity contribution in [3.63, 3.8) is 0 Å². The fourth-order valence-corrected chi connectivity index (χ4v) is 1.00. The predicted octanol–water partition coefficient (Wildman–Crippen LogP) is 1.80. The second-order valence-corrected chi connectivity index (χ2v) is 2.80. The topological polar surface area (TPSA) is 67.8 Å². The number of hydrogen-bond donors (Lipinski definition) is 2. The molecule has 0 bridgehead atoms. The summed E-state index contributed by atoms with van der Waals surface area (Å²) in [7, 11) is 1.60. The fraction of sp³-hybridized carbons (Fsp3) is 0.300. The van der Waals surface area contributed by atoms with E-state index < -0.39 is 6.09 Å². The predicted molar refractivity (Wildman–Crippen MR) is 55.5 cm³/mol. The molecule has 0 unspecified atom stereocenters. The SMILES string of the molecule is COCCOc1ccc(NC(=O)O)cc1. The fourth-order valence-electron chi connectivity index (χ4n) is 1.00. The van der Waals surface area contributed by atoms with Crippen LogP contribution in [0, 0.1) is 0 Å². The van der Waals surface area contributed by atoms with Crippen LogP contribution >= 0.6 is 0 Å². The molecule has 2 N–H and O–H groups in total. The molecule has 1 rings (SSSR count). The molecule has 15 heavy (non-hydrogen) atoms. The van der Waals surface area contributed by atoms with E-state index in [9.17, 15) is 4.79 Å². The maximum atomic E-state index is 10.3. The van der Waals surface area contributed by atoms with Crippen molar-refractivity contribution in [2.75, 3.05) is 25.6 Å². The summed E-state index contributed by atoms with van der Waals surface area (Å²) < 4.78 is 10.1. The Kier molecular flexibility index (Phi) is 4.43. The van der Waals surface area contributed by atoms with Gasteiger partial charge >= 0.3 is 6.09 Å². The van der Waals surface area contributed by atoms with Crippen LogP contribution in [-0.4, -0.2) is 31.5 Å². The van der Waals surface area contributed by atoms with Crippen LogP contribution in [0.4, 0.5) is 10.5 Å². The first-order valence-corrected chi connectivity index (χ1v) is 4.44. The van der Waals surface area contributed by atoms with E-state index in [4.69, 9.17) is 14.6 Å². The van der Waals surface area contributed by atoms with Crippen molar-refractivity contribution >= 4 is 11.8 Å². The maximum absolute atomic E-state index is 10.3. The van der Waals surface area contributed by atoms with Crippen molar-refractivity contribution in [3.8, 4) is 5.75 Å². The Labute approximate surface area is 87.6 Å². The van der Waals surface area contributed by atoms with Crippen molar-refractivity contribution in [2.24, 2.45) is 0 Å². The van der Waals surface area contributed by atoms with Crippen molar-refractivity contribution in [1.29, 1.82) is 0 Å². The summed E-state index contributed by atoms with van der Waals surface area (Å²) in [6, 6.07) is 6.66. The van der Waals surface area contributed by atoms with E-state index in [1.165, 1.54) is 0 Å². The smallest absolute Gasteiger partial charge is 0.409 e. The van der Waals surface area contributed by atoms with Crippen molar-refractivity contribution < 1.29 is 19.4 Å². The Balaban J connectivity index is 2.45. The number of benzene rings is 1. The summed E-state index contributed by atoms with van der Waals surface area (Å²) in [6.07, 6.45) is -1.08. The van der Waals surface area contributed by atoms with Gasteiger partial charge in [0.15, 0.2) is 0 Å². The lowest BCUT2D eigenvalue weighted by atomic mass is 10.3. The van der Waals surface area contributed by atoms with Gasteiger partial charge in [-0.05, 0) is 24.3 Å². The highest BCUT2D eigenvalue weighted by molar-refractivity contribution is 5.82. The summed E-state index contributed by atoms with van der Waals surface area (Å²) in [5.74, 6) is 0.683. The first kappa shape index (κ1) is 11.3. The number of ether oxygens (including phenoxy) is 2. The summed E-state index contributed by atoms with van der Waals surface area (Å²) in [5, 5.41) is 10.7. The van der Waals surface area contributed by atoms with E-state index in [2.05, 4.69) is 5.32 Å². The highest BCUT2D eigenvalue weighted by Crippen LogP contribution is 2.15. The van der Waals surface area contributed by atoms with Crippen LogP contribution in [0.25, 0.3) is 0 Å². The van der Waals surface area contributed by atoms with Crippen LogP contribution < -0.4 is 10.1 Å². The van der Waals surface area contributed by atoms with Crippen LogP contribution in [0.1, 0.15) is 0 Å². The van der Waals surface area contributed by atoms with E-state index in [0.29, 0.717) is 24.7 Å². The number of amides is 1. The third-order valence-corrected chi connectivity index (χ3v) is 1.66. The molecule has 82 valence electrons. The van der Waals surface area contributed by atoms with Gasteiger partial charge in [-0.25, -0.2) is 4.79 Å². The molecule has 0 aromatic heterocycles. The highest BCUT2D eigenvalue weighted by Gasteiger charge is 1.98. The van der Waals surface area contributed by atoms with Crippen LogP contribution in [0.15, 0.2) is 24.3 Å². The number of rotatable bonds is 5. The van der Waals surface area contributed by atoms with Crippen LogP contribution in [0.2, 0.25) is 0 Å². The van der Waals surface area contributed by atoms with Gasteiger partial charge in [0, 0.05) is 12.8 Å². The van der Waals surface area contributed by atoms with E-state index in [-0.39, 0.29) is 0 Å². The average molecular weight is 211 g/mol. The third-order valence-electron chi connectivity index (χ3n) is 1.66. The normalized spacial score (nSPS) is 9.67. The van der Waals surface area contributed by atoms with Crippen LogP contribution in [-0.2, 0) is 4.74 Å². The van der Waals surface area contributed by atoms with E-state index in [1.807, 2.05) is 0 Å². The van der Waals surface area contributed by atoms with Crippen molar-refractivity contribution in [2.45, 2.75) is 0 Å². The molecule has 5 heteroatoms. The molecule has 5 nitrogen and oxygen atoms in total. The molecule has 0 aliphatic carbocycles. The summed E-state index contributed by atoms with van der Waals surface area (Å²) in [5.41, 5.74) is 0.515. The Morgan fingerprint density at radius 3 is 2.53 bits per heavy atom. The van der Waals surface area contributed by atoms with Gasteiger partial charge in [0.25, 0.3) is 0 Å². The van der Waals surface area contributed by atoms with E-state index >= 15 is 0 Å². The zero-order valence-electron chi connectivity index (χ0n) is 8.40. The molecule has 0 atom stereocenters. The lowest BCUT2D eigenvalue weighted by Gasteiger charge is -2.06. The summed E-state index contributed by atoms with van der Waals surface area (Å²) in [4.78, 5) is 10.3. The maximum Gasteiger partial charge on any atom is 0.409 e.